The summed E-state index contributed by atoms with van der Waals surface area (Å²) in [7, 11) is 0. The second-order valence-corrected chi connectivity index (χ2v) is 10.6. The van der Waals surface area contributed by atoms with Gasteiger partial charge >= 0.3 is 6.18 Å². The third-order valence-electron chi connectivity index (χ3n) is 7.38. The summed E-state index contributed by atoms with van der Waals surface area (Å²) in [5.41, 5.74) is 4.02. The van der Waals surface area contributed by atoms with E-state index in [1.807, 2.05) is 19.1 Å². The molecule has 1 fully saturated rings. The number of rotatable bonds is 7. The molecular weight excluding hydrogens is 559 g/mol. The van der Waals surface area contributed by atoms with Crippen LogP contribution in [0.15, 0.2) is 67.0 Å². The Labute approximate surface area is 245 Å². The Kier molecular flexibility index (Phi) is 7.43. The first-order valence-corrected chi connectivity index (χ1v) is 13.9. The van der Waals surface area contributed by atoms with E-state index in [1.54, 1.807) is 30.6 Å². The average Bonchev–Trinajstić information content (AvgIpc) is 3.82. The number of hydrogen-bond acceptors (Lipinski definition) is 7. The number of halogens is 3. The van der Waals surface area contributed by atoms with Gasteiger partial charge in [-0.1, -0.05) is 12.1 Å². The van der Waals surface area contributed by atoms with E-state index in [2.05, 4.69) is 30.8 Å². The van der Waals surface area contributed by atoms with Gasteiger partial charge in [-0.2, -0.15) is 13.2 Å². The average molecular weight is 588 g/mol. The number of carbonyl (C=O) groups excluding carboxylic acids is 2. The molecule has 2 aliphatic rings. The second kappa shape index (κ2) is 11.3. The van der Waals surface area contributed by atoms with Crippen LogP contribution in [0.1, 0.15) is 56.1 Å². The van der Waals surface area contributed by atoms with E-state index in [1.165, 1.54) is 12.1 Å². The summed E-state index contributed by atoms with van der Waals surface area (Å²) in [6, 6.07) is 13.5. The first-order chi connectivity index (χ1) is 20.6. The quantitative estimate of drug-likeness (QED) is 0.256. The zero-order valence-electron chi connectivity index (χ0n) is 23.2. The maximum absolute atomic E-state index is 13.1. The monoisotopic (exact) mass is 587 g/mol. The number of anilines is 4. The molecule has 0 unspecified atom stereocenters. The van der Waals surface area contributed by atoms with Crippen LogP contribution in [0.25, 0.3) is 0 Å². The zero-order valence-corrected chi connectivity index (χ0v) is 23.2. The van der Waals surface area contributed by atoms with E-state index in [4.69, 9.17) is 4.98 Å². The van der Waals surface area contributed by atoms with Crippen molar-refractivity contribution in [3.63, 3.8) is 0 Å². The van der Waals surface area contributed by atoms with Crippen LogP contribution >= 0.6 is 0 Å². The first-order valence-electron chi connectivity index (χ1n) is 13.9. The van der Waals surface area contributed by atoms with Crippen LogP contribution in [0.3, 0.4) is 0 Å². The maximum atomic E-state index is 13.1. The number of fused-ring (bicyclic) bond motifs is 1. The van der Waals surface area contributed by atoms with Gasteiger partial charge in [0.05, 0.1) is 16.9 Å². The van der Waals surface area contributed by atoms with Gasteiger partial charge in [-0.05, 0) is 67.8 Å². The van der Waals surface area contributed by atoms with Gasteiger partial charge in [-0.15, -0.1) is 0 Å². The van der Waals surface area contributed by atoms with Crippen molar-refractivity contribution in [2.75, 3.05) is 22.1 Å². The molecular formula is C31H28F3N7O2. The number of benzene rings is 2. The van der Waals surface area contributed by atoms with E-state index in [-0.39, 0.29) is 23.2 Å². The zero-order chi connectivity index (χ0) is 30.1. The molecule has 0 spiro atoms. The Morgan fingerprint density at radius 1 is 1.00 bits per heavy atom. The highest BCUT2D eigenvalue weighted by molar-refractivity contribution is 6.04. The highest BCUT2D eigenvalue weighted by Gasteiger charge is 2.31. The van der Waals surface area contributed by atoms with Gasteiger partial charge in [0.1, 0.15) is 0 Å². The molecule has 6 rings (SSSR count). The molecule has 0 atom stereocenters. The molecule has 1 saturated carbocycles. The van der Waals surface area contributed by atoms with Crippen molar-refractivity contribution in [3.8, 4) is 0 Å². The number of carbonyl (C=O) groups is 2. The summed E-state index contributed by atoms with van der Waals surface area (Å²) in [6.45, 7) is 3.14. The number of nitrogens with zero attached hydrogens (tertiary/aromatic N) is 4. The number of hydrogen-bond donors (Lipinski definition) is 3. The fourth-order valence-corrected chi connectivity index (χ4v) is 4.94. The van der Waals surface area contributed by atoms with Crippen molar-refractivity contribution in [1.82, 2.24) is 20.3 Å². The molecule has 2 aromatic carbocycles. The predicted octanol–water partition coefficient (Wildman–Crippen LogP) is 5.65. The summed E-state index contributed by atoms with van der Waals surface area (Å²) in [5.74, 6) is -0.487. The Bertz CT molecular complexity index is 1710. The molecule has 3 N–H and O–H groups in total. The number of aryl methyl sites for hydroxylation is 1. The fraction of sp³-hybridized carbons (Fsp3) is 0.258. The van der Waals surface area contributed by atoms with Crippen molar-refractivity contribution in [2.24, 2.45) is 0 Å². The summed E-state index contributed by atoms with van der Waals surface area (Å²) in [5, 5.41) is 8.81. The van der Waals surface area contributed by atoms with Gasteiger partial charge in [0.15, 0.2) is 5.69 Å². The van der Waals surface area contributed by atoms with Gasteiger partial charge in [0.2, 0.25) is 5.95 Å². The van der Waals surface area contributed by atoms with Crippen molar-refractivity contribution >= 4 is 34.8 Å². The van der Waals surface area contributed by atoms with E-state index >= 15 is 0 Å². The van der Waals surface area contributed by atoms with E-state index < -0.39 is 17.6 Å². The third-order valence-corrected chi connectivity index (χ3v) is 7.38. The minimum absolute atomic E-state index is 0.0765. The minimum atomic E-state index is -4.54. The number of pyridine rings is 1. The van der Waals surface area contributed by atoms with Crippen molar-refractivity contribution in [3.05, 3.63) is 101 Å². The topological polar surface area (TPSA) is 112 Å². The van der Waals surface area contributed by atoms with Gasteiger partial charge in [0, 0.05) is 60.4 Å². The van der Waals surface area contributed by atoms with Crippen LogP contribution in [-0.2, 0) is 19.1 Å². The molecule has 3 heterocycles. The molecule has 1 aliphatic carbocycles. The Balaban J connectivity index is 1.15. The number of amides is 2. The molecule has 9 nitrogen and oxygen atoms in total. The standard InChI is InChI=1S/C31H28F3N7O2/c1-18-7-8-23(38-28(42)19-4-2-5-21(14-19)31(32,33)34)15-26(18)41-13-11-24-20(17-41)16-36-30(39-24)40-25-6-3-12-35-27(25)29(43)37-22-9-10-22/h2-8,12,14-16,22H,9-11,13,17H2,1H3,(H,37,43)(H,38,42)(H,36,39,40). The lowest BCUT2D eigenvalue weighted by Crippen LogP contribution is -2.32. The Morgan fingerprint density at radius 3 is 2.63 bits per heavy atom. The minimum Gasteiger partial charge on any atom is -0.366 e. The normalized spacial score (nSPS) is 14.6. The second-order valence-electron chi connectivity index (χ2n) is 10.6. The van der Waals surface area contributed by atoms with Gasteiger partial charge in [-0.3, -0.25) is 9.59 Å². The SMILES string of the molecule is Cc1ccc(NC(=O)c2cccc(C(F)(F)F)c2)cc1N1CCc2nc(Nc3cccnc3C(=O)NC3CC3)ncc2C1. The molecule has 12 heteroatoms. The Morgan fingerprint density at radius 2 is 1.84 bits per heavy atom. The largest absolute Gasteiger partial charge is 0.416 e. The van der Waals surface area contributed by atoms with E-state index in [0.29, 0.717) is 36.8 Å². The summed E-state index contributed by atoms with van der Waals surface area (Å²) < 4.78 is 39.3. The van der Waals surface area contributed by atoms with E-state index in [0.717, 1.165) is 47.5 Å². The summed E-state index contributed by atoms with van der Waals surface area (Å²) >= 11 is 0. The van der Waals surface area contributed by atoms with Crippen molar-refractivity contribution in [2.45, 2.75) is 44.9 Å². The van der Waals surface area contributed by atoms with Gasteiger partial charge in [0.25, 0.3) is 11.8 Å². The smallest absolute Gasteiger partial charge is 0.366 e. The van der Waals surface area contributed by atoms with Crippen LogP contribution in [0.4, 0.5) is 36.2 Å². The van der Waals surface area contributed by atoms with Crippen LogP contribution in [0.5, 0.6) is 0 Å². The fourth-order valence-electron chi connectivity index (χ4n) is 4.94. The highest BCUT2D eigenvalue weighted by Crippen LogP contribution is 2.32. The summed E-state index contributed by atoms with van der Waals surface area (Å²) in [4.78, 5) is 41.0. The number of nitrogens with one attached hydrogen (secondary N) is 3. The lowest BCUT2D eigenvalue weighted by Gasteiger charge is -2.31. The number of alkyl halides is 3. The lowest BCUT2D eigenvalue weighted by molar-refractivity contribution is -0.137. The van der Waals surface area contributed by atoms with Crippen LogP contribution in [0, 0.1) is 6.92 Å². The first kappa shape index (κ1) is 28.1. The molecule has 2 aromatic heterocycles. The van der Waals surface area contributed by atoms with Gasteiger partial charge in [-0.25, -0.2) is 15.0 Å². The lowest BCUT2D eigenvalue weighted by atomic mass is 10.0. The number of aromatic nitrogens is 3. The molecule has 0 bridgehead atoms. The van der Waals surface area contributed by atoms with Crippen molar-refractivity contribution < 1.29 is 22.8 Å². The van der Waals surface area contributed by atoms with Crippen LogP contribution < -0.4 is 20.9 Å². The van der Waals surface area contributed by atoms with Crippen molar-refractivity contribution in [1.29, 1.82) is 0 Å². The highest BCUT2D eigenvalue weighted by atomic mass is 19.4. The molecule has 43 heavy (non-hydrogen) atoms. The summed E-state index contributed by atoms with van der Waals surface area (Å²) in [6.07, 6.45) is 1.38. The predicted molar refractivity (Wildman–Crippen MR) is 155 cm³/mol. The van der Waals surface area contributed by atoms with Crippen LogP contribution in [0.2, 0.25) is 0 Å². The molecule has 0 saturated heterocycles. The Hall–Kier alpha value is -5.00. The molecule has 4 aromatic rings. The van der Waals surface area contributed by atoms with E-state index in [9.17, 15) is 22.8 Å². The third kappa shape index (κ3) is 6.42. The molecule has 0 radical (unpaired) electrons. The van der Waals surface area contributed by atoms with Gasteiger partial charge < -0.3 is 20.9 Å². The van der Waals surface area contributed by atoms with Crippen LogP contribution in [-0.4, -0.2) is 39.4 Å². The maximum Gasteiger partial charge on any atom is 0.416 e. The molecule has 1 aliphatic heterocycles. The molecule has 220 valence electrons. The molecule has 2 amide bonds.